The Balaban J connectivity index is 2.44. The van der Waals surface area contributed by atoms with E-state index in [4.69, 9.17) is 10.5 Å². The van der Waals surface area contributed by atoms with E-state index in [0.29, 0.717) is 12.5 Å². The number of rotatable bonds is 1. The molecule has 0 radical (unpaired) electrons. The van der Waals surface area contributed by atoms with Gasteiger partial charge in [-0.05, 0) is 38.5 Å². The van der Waals surface area contributed by atoms with Crippen LogP contribution in [0.3, 0.4) is 0 Å². The maximum absolute atomic E-state index is 5.85. The van der Waals surface area contributed by atoms with Gasteiger partial charge in [0.05, 0.1) is 5.54 Å². The first-order chi connectivity index (χ1) is 6.99. The molecule has 0 unspecified atom stereocenters. The zero-order chi connectivity index (χ0) is 11.1. The second kappa shape index (κ2) is 3.26. The topological polar surface area (TPSA) is 47.6 Å². The van der Waals surface area contributed by atoms with Crippen LogP contribution in [-0.2, 0) is 4.74 Å². The van der Waals surface area contributed by atoms with Gasteiger partial charge in [-0.25, -0.2) is 4.99 Å². The Morgan fingerprint density at radius 1 is 1.40 bits per heavy atom. The Morgan fingerprint density at radius 2 is 2.13 bits per heavy atom. The minimum atomic E-state index is -0.119. The van der Waals surface area contributed by atoms with Gasteiger partial charge < -0.3 is 10.5 Å². The summed E-state index contributed by atoms with van der Waals surface area (Å²) in [5, 5.41) is 0. The molecule has 0 bridgehead atoms. The lowest BCUT2D eigenvalue weighted by Gasteiger charge is -2.07. The number of hydrogen-bond donors (Lipinski definition) is 1. The van der Waals surface area contributed by atoms with Crippen molar-refractivity contribution >= 4 is 11.6 Å². The summed E-state index contributed by atoms with van der Waals surface area (Å²) in [7, 11) is 0. The van der Waals surface area contributed by atoms with Crippen LogP contribution >= 0.6 is 0 Å². The zero-order valence-corrected chi connectivity index (χ0v) is 9.37. The van der Waals surface area contributed by atoms with E-state index in [1.54, 1.807) is 0 Å². The fourth-order valence-corrected chi connectivity index (χ4v) is 1.61. The molecule has 1 aromatic carbocycles. The fraction of sp³-hybridized carbons (Fsp3) is 0.417. The molecule has 3 heteroatoms. The summed E-state index contributed by atoms with van der Waals surface area (Å²) in [5.41, 5.74) is 8.54. The van der Waals surface area contributed by atoms with Crippen molar-refractivity contribution in [1.82, 2.24) is 0 Å². The molecular formula is C12H16N2O. The van der Waals surface area contributed by atoms with Gasteiger partial charge in [-0.15, -0.1) is 0 Å². The SMILES string of the molecule is Cc1c(N)cccc1C1=NC(C)(C)CO1. The molecule has 2 rings (SSSR count). The Hall–Kier alpha value is -1.51. The average molecular weight is 204 g/mol. The number of anilines is 1. The number of benzene rings is 1. The molecular weight excluding hydrogens is 188 g/mol. The average Bonchev–Trinajstić information content (AvgIpc) is 2.51. The van der Waals surface area contributed by atoms with Gasteiger partial charge in [-0.3, -0.25) is 0 Å². The monoisotopic (exact) mass is 204 g/mol. The molecule has 0 saturated carbocycles. The maximum Gasteiger partial charge on any atom is 0.217 e. The van der Waals surface area contributed by atoms with Crippen molar-refractivity contribution in [3.63, 3.8) is 0 Å². The van der Waals surface area contributed by atoms with Gasteiger partial charge in [-0.2, -0.15) is 0 Å². The van der Waals surface area contributed by atoms with E-state index < -0.39 is 0 Å². The highest BCUT2D eigenvalue weighted by Crippen LogP contribution is 2.24. The molecule has 0 aromatic heterocycles. The van der Waals surface area contributed by atoms with Gasteiger partial charge >= 0.3 is 0 Å². The molecule has 3 nitrogen and oxygen atoms in total. The van der Waals surface area contributed by atoms with Gasteiger partial charge in [0.15, 0.2) is 0 Å². The van der Waals surface area contributed by atoms with Gasteiger partial charge in [0, 0.05) is 11.3 Å². The maximum atomic E-state index is 5.85. The van der Waals surface area contributed by atoms with Crippen molar-refractivity contribution in [2.45, 2.75) is 26.3 Å². The lowest BCUT2D eigenvalue weighted by atomic mass is 10.1. The molecule has 1 aromatic rings. The molecule has 15 heavy (non-hydrogen) atoms. The Labute approximate surface area is 90.0 Å². The van der Waals surface area contributed by atoms with Crippen LogP contribution in [0.2, 0.25) is 0 Å². The summed E-state index contributed by atoms with van der Waals surface area (Å²) in [5.74, 6) is 0.713. The summed E-state index contributed by atoms with van der Waals surface area (Å²) in [6.07, 6.45) is 0. The highest BCUT2D eigenvalue weighted by molar-refractivity contribution is 5.97. The highest BCUT2D eigenvalue weighted by Gasteiger charge is 2.27. The molecule has 0 fully saturated rings. The van der Waals surface area contributed by atoms with Crippen LogP contribution in [0.25, 0.3) is 0 Å². The number of hydrogen-bond acceptors (Lipinski definition) is 3. The second-order valence-corrected chi connectivity index (χ2v) is 4.54. The third-order valence-corrected chi connectivity index (χ3v) is 2.57. The number of nitrogens with zero attached hydrogens (tertiary/aromatic N) is 1. The molecule has 0 saturated heterocycles. The lowest BCUT2D eigenvalue weighted by molar-refractivity contribution is 0.279. The summed E-state index contributed by atoms with van der Waals surface area (Å²) in [6, 6.07) is 5.81. The van der Waals surface area contributed by atoms with Crippen molar-refractivity contribution in [3.8, 4) is 0 Å². The number of nitrogen functional groups attached to an aromatic ring is 1. The van der Waals surface area contributed by atoms with E-state index in [2.05, 4.69) is 18.8 Å². The van der Waals surface area contributed by atoms with Crippen molar-refractivity contribution in [3.05, 3.63) is 29.3 Å². The summed E-state index contributed by atoms with van der Waals surface area (Å²) < 4.78 is 5.58. The summed E-state index contributed by atoms with van der Waals surface area (Å²) in [6.45, 7) is 6.74. The van der Waals surface area contributed by atoms with Crippen LogP contribution in [0.15, 0.2) is 23.2 Å². The Kier molecular flexibility index (Phi) is 2.18. The standard InChI is InChI=1S/C12H16N2O/c1-8-9(5-4-6-10(8)13)11-14-12(2,3)7-15-11/h4-6H,7,13H2,1-3H3. The predicted molar refractivity (Wildman–Crippen MR) is 62.2 cm³/mol. The third kappa shape index (κ3) is 1.82. The van der Waals surface area contributed by atoms with Crippen LogP contribution in [-0.4, -0.2) is 18.0 Å². The van der Waals surface area contributed by atoms with E-state index in [1.165, 1.54) is 0 Å². The largest absolute Gasteiger partial charge is 0.475 e. The van der Waals surface area contributed by atoms with Crippen molar-refractivity contribution < 1.29 is 4.74 Å². The van der Waals surface area contributed by atoms with Crippen LogP contribution in [0.1, 0.15) is 25.0 Å². The number of aliphatic imine (C=N–C) groups is 1. The lowest BCUT2D eigenvalue weighted by Crippen LogP contribution is -2.17. The molecule has 80 valence electrons. The first-order valence-electron chi connectivity index (χ1n) is 5.08. The fourth-order valence-electron chi connectivity index (χ4n) is 1.61. The molecule has 0 atom stereocenters. The van der Waals surface area contributed by atoms with Crippen LogP contribution in [0.4, 0.5) is 5.69 Å². The summed E-state index contributed by atoms with van der Waals surface area (Å²) in [4.78, 5) is 4.53. The van der Waals surface area contributed by atoms with Crippen LogP contribution in [0, 0.1) is 6.92 Å². The number of nitrogens with two attached hydrogens (primary N) is 1. The number of ether oxygens (including phenoxy) is 1. The Bertz CT molecular complexity index is 422. The van der Waals surface area contributed by atoms with Crippen molar-refractivity contribution in [2.75, 3.05) is 12.3 Å². The summed E-state index contributed by atoms with van der Waals surface area (Å²) >= 11 is 0. The quantitative estimate of drug-likeness (QED) is 0.712. The third-order valence-electron chi connectivity index (χ3n) is 2.57. The van der Waals surface area contributed by atoms with Gasteiger partial charge in [0.25, 0.3) is 0 Å². The smallest absolute Gasteiger partial charge is 0.217 e. The van der Waals surface area contributed by atoms with E-state index in [1.807, 2.05) is 25.1 Å². The van der Waals surface area contributed by atoms with Gasteiger partial charge in [0.1, 0.15) is 6.61 Å². The highest BCUT2D eigenvalue weighted by atomic mass is 16.5. The van der Waals surface area contributed by atoms with Crippen molar-refractivity contribution in [1.29, 1.82) is 0 Å². The predicted octanol–water partition coefficient (Wildman–Crippen LogP) is 2.13. The van der Waals surface area contributed by atoms with Gasteiger partial charge in [0.2, 0.25) is 5.90 Å². The minimum Gasteiger partial charge on any atom is -0.475 e. The Morgan fingerprint density at radius 3 is 2.73 bits per heavy atom. The van der Waals surface area contributed by atoms with E-state index >= 15 is 0 Å². The molecule has 1 aliphatic heterocycles. The normalized spacial score (nSPS) is 18.5. The zero-order valence-electron chi connectivity index (χ0n) is 9.37. The second-order valence-electron chi connectivity index (χ2n) is 4.54. The first kappa shape index (κ1) is 10.0. The van der Waals surface area contributed by atoms with Crippen LogP contribution < -0.4 is 5.73 Å². The first-order valence-corrected chi connectivity index (χ1v) is 5.08. The molecule has 0 amide bonds. The molecule has 0 aliphatic carbocycles. The van der Waals surface area contributed by atoms with E-state index in [-0.39, 0.29) is 5.54 Å². The molecule has 0 spiro atoms. The van der Waals surface area contributed by atoms with Crippen molar-refractivity contribution in [2.24, 2.45) is 4.99 Å². The van der Waals surface area contributed by atoms with Crippen LogP contribution in [0.5, 0.6) is 0 Å². The molecule has 2 N–H and O–H groups in total. The minimum absolute atomic E-state index is 0.119. The molecule has 1 heterocycles. The van der Waals surface area contributed by atoms with Gasteiger partial charge in [-0.1, -0.05) is 6.07 Å². The molecule has 1 aliphatic rings. The van der Waals surface area contributed by atoms with E-state index in [9.17, 15) is 0 Å². The van der Waals surface area contributed by atoms with E-state index in [0.717, 1.165) is 16.8 Å².